The van der Waals surface area contributed by atoms with Crippen molar-refractivity contribution >= 4 is 40.5 Å². The van der Waals surface area contributed by atoms with E-state index in [2.05, 4.69) is 17.4 Å². The highest BCUT2D eigenvalue weighted by Gasteiger charge is 2.50. The Labute approximate surface area is 289 Å². The van der Waals surface area contributed by atoms with Gasteiger partial charge in [0.2, 0.25) is 0 Å². The molecule has 10 nitrogen and oxygen atoms in total. The number of fused-ring (bicyclic) bond motifs is 4. The van der Waals surface area contributed by atoms with Gasteiger partial charge in [-0.1, -0.05) is 80.6 Å². The number of carboxylic acid groups (broad SMARTS) is 1. The number of rotatable bonds is 9. The standard InChI is InChI=1S/C40H37N3O7/c1-40(2)23-43(25-18-16-24(17-19-25)37(45)46)36(44)35(40)50-38(47)31(32-21-42(3)34-15-9-8-14-30(32)34)20-41-39(48)49-22-33-28-12-6-4-10-26(28)27-11-5-7-13-29(27)33/h4-19,21,31,33,35H,20,22-23H2,1-3H3,(H,41,48)(H,45,46)/t31-,35+/m1/s1. The Morgan fingerprint density at radius 2 is 1.52 bits per heavy atom. The third-order valence-electron chi connectivity index (χ3n) is 9.81. The van der Waals surface area contributed by atoms with Gasteiger partial charge in [-0.05, 0) is 58.1 Å². The fraction of sp³-hybridized carbons (Fsp3) is 0.250. The number of carbonyl (C=O) groups excluding carboxylic acids is 3. The number of amides is 2. The molecule has 2 N–H and O–H groups in total. The highest BCUT2D eigenvalue weighted by atomic mass is 16.6. The zero-order valence-electron chi connectivity index (χ0n) is 28.0. The van der Waals surface area contributed by atoms with Crippen LogP contribution >= 0.6 is 0 Å². The van der Waals surface area contributed by atoms with Gasteiger partial charge >= 0.3 is 18.0 Å². The average molecular weight is 672 g/mol. The molecule has 0 unspecified atom stereocenters. The van der Waals surface area contributed by atoms with E-state index in [1.807, 2.05) is 92.3 Å². The van der Waals surface area contributed by atoms with Crippen LogP contribution in [0.3, 0.4) is 0 Å². The fourth-order valence-corrected chi connectivity index (χ4v) is 7.26. The Balaban J connectivity index is 1.10. The Morgan fingerprint density at radius 3 is 2.18 bits per heavy atom. The van der Waals surface area contributed by atoms with E-state index in [0.29, 0.717) is 11.3 Å². The van der Waals surface area contributed by atoms with Crippen molar-refractivity contribution in [2.24, 2.45) is 12.5 Å². The van der Waals surface area contributed by atoms with Gasteiger partial charge in [-0.3, -0.25) is 9.59 Å². The molecule has 0 spiro atoms. The van der Waals surface area contributed by atoms with Gasteiger partial charge in [0.25, 0.3) is 5.91 Å². The maximum absolute atomic E-state index is 14.1. The molecule has 2 amide bonds. The van der Waals surface area contributed by atoms with Gasteiger partial charge in [-0.25, -0.2) is 9.59 Å². The number of hydrogen-bond acceptors (Lipinski definition) is 6. The van der Waals surface area contributed by atoms with Crippen molar-refractivity contribution < 1.29 is 33.8 Å². The van der Waals surface area contributed by atoms with Gasteiger partial charge in [0, 0.05) is 54.3 Å². The molecule has 2 heterocycles. The molecular weight excluding hydrogens is 634 g/mol. The van der Waals surface area contributed by atoms with E-state index < -0.39 is 41.4 Å². The number of alkyl carbamates (subject to hydrolysis) is 1. The second kappa shape index (κ2) is 12.9. The first-order valence-corrected chi connectivity index (χ1v) is 16.5. The summed E-state index contributed by atoms with van der Waals surface area (Å²) in [5, 5.41) is 12.9. The van der Waals surface area contributed by atoms with Crippen LogP contribution in [0.2, 0.25) is 0 Å². The van der Waals surface area contributed by atoms with Crippen LogP contribution in [0, 0.1) is 5.41 Å². The molecule has 1 saturated heterocycles. The van der Waals surface area contributed by atoms with Crippen molar-refractivity contribution in [2.45, 2.75) is 31.8 Å². The highest BCUT2D eigenvalue weighted by Crippen LogP contribution is 2.44. The summed E-state index contributed by atoms with van der Waals surface area (Å²) in [5.74, 6) is -3.20. The maximum Gasteiger partial charge on any atom is 0.407 e. The lowest BCUT2D eigenvalue weighted by atomic mass is 9.89. The van der Waals surface area contributed by atoms with Crippen LogP contribution in [0.25, 0.3) is 22.0 Å². The lowest BCUT2D eigenvalue weighted by Crippen LogP contribution is -2.40. The zero-order valence-corrected chi connectivity index (χ0v) is 28.0. The van der Waals surface area contributed by atoms with E-state index in [1.165, 1.54) is 17.0 Å². The Hall–Kier alpha value is -5.90. The molecule has 5 aromatic rings. The first-order chi connectivity index (χ1) is 24.0. The minimum Gasteiger partial charge on any atom is -0.478 e. The second-order valence-corrected chi connectivity index (χ2v) is 13.6. The number of aromatic carboxylic acids is 1. The molecule has 2 aliphatic rings. The number of carboxylic acids is 1. The van der Waals surface area contributed by atoms with Crippen LogP contribution in [0.4, 0.5) is 10.5 Å². The molecule has 2 atom stereocenters. The van der Waals surface area contributed by atoms with Crippen molar-refractivity contribution in [2.75, 3.05) is 24.6 Å². The largest absolute Gasteiger partial charge is 0.478 e. The Bertz CT molecular complexity index is 2090. The number of nitrogens with one attached hydrogen (secondary N) is 1. The molecule has 50 heavy (non-hydrogen) atoms. The number of aryl methyl sites for hydroxylation is 1. The molecule has 0 radical (unpaired) electrons. The molecule has 10 heteroatoms. The summed E-state index contributed by atoms with van der Waals surface area (Å²) in [4.78, 5) is 54.0. The number of benzene rings is 4. The average Bonchev–Trinajstić information content (AvgIpc) is 3.70. The summed E-state index contributed by atoms with van der Waals surface area (Å²) < 4.78 is 13.7. The molecule has 1 aliphatic heterocycles. The van der Waals surface area contributed by atoms with E-state index in [-0.39, 0.29) is 31.2 Å². The minimum atomic E-state index is -1.11. The van der Waals surface area contributed by atoms with Crippen LogP contribution in [0.1, 0.15) is 52.7 Å². The topological polar surface area (TPSA) is 127 Å². The van der Waals surface area contributed by atoms with Gasteiger partial charge in [0.05, 0.1) is 5.56 Å². The molecule has 1 aromatic heterocycles. The molecule has 7 rings (SSSR count). The number of esters is 1. The summed E-state index contributed by atoms with van der Waals surface area (Å²) in [6.45, 7) is 3.95. The lowest BCUT2D eigenvalue weighted by Gasteiger charge is -2.26. The molecule has 1 fully saturated rings. The lowest BCUT2D eigenvalue weighted by molar-refractivity contribution is -0.159. The van der Waals surface area contributed by atoms with Crippen molar-refractivity contribution in [1.82, 2.24) is 9.88 Å². The van der Waals surface area contributed by atoms with E-state index in [1.54, 1.807) is 12.1 Å². The van der Waals surface area contributed by atoms with Gasteiger partial charge in [-0.2, -0.15) is 0 Å². The summed E-state index contributed by atoms with van der Waals surface area (Å²) in [5.41, 5.74) is 5.82. The molecule has 4 aromatic carbocycles. The van der Waals surface area contributed by atoms with Crippen LogP contribution in [0.5, 0.6) is 0 Å². The quantitative estimate of drug-likeness (QED) is 0.172. The normalized spacial score (nSPS) is 16.9. The highest BCUT2D eigenvalue weighted by molar-refractivity contribution is 6.02. The van der Waals surface area contributed by atoms with Gasteiger partial charge < -0.3 is 29.4 Å². The van der Waals surface area contributed by atoms with Crippen LogP contribution in [0.15, 0.2) is 103 Å². The maximum atomic E-state index is 14.1. The van der Waals surface area contributed by atoms with Crippen LogP contribution in [-0.4, -0.2) is 59.4 Å². The van der Waals surface area contributed by atoms with Gasteiger partial charge in [-0.15, -0.1) is 0 Å². The van der Waals surface area contributed by atoms with Crippen molar-refractivity contribution in [1.29, 1.82) is 0 Å². The Morgan fingerprint density at radius 1 is 0.900 bits per heavy atom. The fourth-order valence-electron chi connectivity index (χ4n) is 7.26. The van der Waals surface area contributed by atoms with Crippen LogP contribution in [-0.2, 0) is 26.1 Å². The smallest absolute Gasteiger partial charge is 0.407 e. The SMILES string of the molecule is Cn1cc([C@@H](CNC(=O)OCC2c3ccccc3-c3ccccc32)C(=O)O[C@H]2C(=O)N(c3ccc(C(=O)O)cc3)CC2(C)C)c2ccccc21. The summed E-state index contributed by atoms with van der Waals surface area (Å²) >= 11 is 0. The van der Waals surface area contributed by atoms with Gasteiger partial charge in [0.1, 0.15) is 12.5 Å². The minimum absolute atomic E-state index is 0.101. The second-order valence-electron chi connectivity index (χ2n) is 13.6. The van der Waals surface area contributed by atoms with Crippen molar-refractivity contribution in [3.63, 3.8) is 0 Å². The predicted octanol–water partition coefficient (Wildman–Crippen LogP) is 6.48. The zero-order chi connectivity index (χ0) is 35.2. The van der Waals surface area contributed by atoms with E-state index in [9.17, 15) is 24.3 Å². The first-order valence-electron chi connectivity index (χ1n) is 16.5. The third kappa shape index (κ3) is 5.87. The number of nitrogens with zero attached hydrogens (tertiary/aromatic N) is 2. The van der Waals surface area contributed by atoms with Crippen molar-refractivity contribution in [3.05, 3.63) is 126 Å². The molecule has 0 saturated carbocycles. The molecule has 0 bridgehead atoms. The third-order valence-corrected chi connectivity index (χ3v) is 9.81. The van der Waals surface area contributed by atoms with Gasteiger partial charge in [0.15, 0.2) is 6.10 Å². The number of hydrogen-bond donors (Lipinski definition) is 2. The Kier molecular flexibility index (Phi) is 8.39. The van der Waals surface area contributed by atoms with Crippen LogP contribution < -0.4 is 10.2 Å². The monoisotopic (exact) mass is 671 g/mol. The number of para-hydroxylation sites is 1. The van der Waals surface area contributed by atoms with E-state index in [4.69, 9.17) is 9.47 Å². The summed E-state index contributed by atoms with van der Waals surface area (Å²) in [7, 11) is 1.88. The predicted molar refractivity (Wildman–Crippen MR) is 188 cm³/mol. The molecule has 1 aliphatic carbocycles. The number of ether oxygens (including phenoxy) is 2. The van der Waals surface area contributed by atoms with Crippen molar-refractivity contribution in [3.8, 4) is 11.1 Å². The number of aromatic nitrogens is 1. The number of carbonyl (C=O) groups is 4. The summed E-state index contributed by atoms with van der Waals surface area (Å²) in [6.07, 6.45) is 0.0627. The number of anilines is 1. The summed E-state index contributed by atoms with van der Waals surface area (Å²) in [6, 6.07) is 29.8. The first kappa shape index (κ1) is 32.6. The molecular formula is C40H37N3O7. The van der Waals surface area contributed by atoms with E-state index >= 15 is 0 Å². The molecule has 254 valence electrons. The van der Waals surface area contributed by atoms with E-state index in [0.717, 1.165) is 33.2 Å².